The van der Waals surface area contributed by atoms with E-state index in [1.165, 1.54) is 0 Å². The van der Waals surface area contributed by atoms with Gasteiger partial charge in [-0.1, -0.05) is 6.42 Å². The van der Waals surface area contributed by atoms with Crippen LogP contribution in [0.15, 0.2) is 42.6 Å². The molecule has 1 saturated heterocycles. The van der Waals surface area contributed by atoms with Gasteiger partial charge in [0.15, 0.2) is 5.82 Å². The largest absolute Gasteiger partial charge is 0.439 e. The van der Waals surface area contributed by atoms with E-state index in [1.54, 1.807) is 54.3 Å². The number of likely N-dealkylation sites (tertiary alicyclic amines) is 1. The SMILES string of the molecule is Cc1cc(Oc2ccc(C(N)=O)cc2)nc([C@H]2CCCCN2CC(=O)Nc2ccn(C)n2)n1. The van der Waals surface area contributed by atoms with Gasteiger partial charge in [-0.3, -0.25) is 19.2 Å². The summed E-state index contributed by atoms with van der Waals surface area (Å²) in [5, 5.41) is 7.04. The number of piperidine rings is 1. The number of primary amides is 1. The highest BCUT2D eigenvalue weighted by atomic mass is 16.5. The van der Waals surface area contributed by atoms with Gasteiger partial charge in [0.05, 0.1) is 12.6 Å². The van der Waals surface area contributed by atoms with Gasteiger partial charge < -0.3 is 15.8 Å². The van der Waals surface area contributed by atoms with Crippen LogP contribution in [0.3, 0.4) is 0 Å². The molecule has 1 aromatic carbocycles. The van der Waals surface area contributed by atoms with E-state index >= 15 is 0 Å². The first-order valence-corrected chi connectivity index (χ1v) is 10.8. The Bertz CT molecular complexity index is 1140. The average Bonchev–Trinajstić information content (AvgIpc) is 3.18. The smallest absolute Gasteiger partial charge is 0.248 e. The number of anilines is 1. The summed E-state index contributed by atoms with van der Waals surface area (Å²) in [4.78, 5) is 35.3. The van der Waals surface area contributed by atoms with Crippen LogP contribution in [-0.4, -0.2) is 49.6 Å². The summed E-state index contributed by atoms with van der Waals surface area (Å²) in [7, 11) is 1.80. The number of nitrogens with zero attached hydrogens (tertiary/aromatic N) is 5. The Morgan fingerprint density at radius 1 is 1.18 bits per heavy atom. The molecule has 0 radical (unpaired) electrons. The number of nitrogens with one attached hydrogen (secondary N) is 1. The molecule has 0 bridgehead atoms. The maximum absolute atomic E-state index is 12.6. The summed E-state index contributed by atoms with van der Waals surface area (Å²) >= 11 is 0. The molecule has 3 N–H and O–H groups in total. The lowest BCUT2D eigenvalue weighted by molar-refractivity contribution is -0.118. The molecule has 0 aliphatic carbocycles. The second-order valence-corrected chi connectivity index (χ2v) is 8.10. The van der Waals surface area contributed by atoms with Gasteiger partial charge in [-0.05, 0) is 50.6 Å². The molecule has 3 aromatic rings. The molecule has 0 saturated carbocycles. The maximum atomic E-state index is 12.6. The number of rotatable bonds is 7. The van der Waals surface area contributed by atoms with Crippen molar-refractivity contribution in [2.45, 2.75) is 32.2 Å². The fourth-order valence-electron chi connectivity index (χ4n) is 3.89. The third-order valence-corrected chi connectivity index (χ3v) is 5.45. The Morgan fingerprint density at radius 3 is 2.67 bits per heavy atom. The summed E-state index contributed by atoms with van der Waals surface area (Å²) in [5.41, 5.74) is 6.47. The number of hydrogen-bond donors (Lipinski definition) is 2. The van der Waals surface area contributed by atoms with E-state index in [-0.39, 0.29) is 18.5 Å². The van der Waals surface area contributed by atoms with Gasteiger partial charge in [-0.2, -0.15) is 10.1 Å². The standard InChI is InChI=1S/C23H27N7O3/c1-15-13-21(33-17-8-6-16(7-9-17)22(24)32)27-23(25-15)18-5-3-4-11-30(18)14-20(31)26-19-10-12-29(2)28-19/h6-10,12-13,18H,3-5,11,14H2,1-2H3,(H2,24,32)(H,26,28,31)/t18-/m1/s1. The number of hydrogen-bond acceptors (Lipinski definition) is 7. The highest BCUT2D eigenvalue weighted by Gasteiger charge is 2.28. The molecule has 33 heavy (non-hydrogen) atoms. The van der Waals surface area contributed by atoms with Gasteiger partial charge in [0, 0.05) is 36.6 Å². The first kappa shape index (κ1) is 22.4. The average molecular weight is 450 g/mol. The predicted molar refractivity (Wildman–Crippen MR) is 122 cm³/mol. The van der Waals surface area contributed by atoms with Gasteiger partial charge in [0.25, 0.3) is 0 Å². The molecule has 10 heteroatoms. The Morgan fingerprint density at radius 2 is 1.97 bits per heavy atom. The van der Waals surface area contributed by atoms with E-state index in [9.17, 15) is 9.59 Å². The molecular weight excluding hydrogens is 422 g/mol. The number of amides is 2. The molecule has 1 atom stereocenters. The van der Waals surface area contributed by atoms with Crippen molar-refractivity contribution in [3.63, 3.8) is 0 Å². The van der Waals surface area contributed by atoms with Crippen LogP contribution in [0.25, 0.3) is 0 Å². The van der Waals surface area contributed by atoms with Crippen LogP contribution >= 0.6 is 0 Å². The normalized spacial score (nSPS) is 16.4. The van der Waals surface area contributed by atoms with Crippen LogP contribution in [0.2, 0.25) is 0 Å². The first-order chi connectivity index (χ1) is 15.9. The highest BCUT2D eigenvalue weighted by molar-refractivity contribution is 5.92. The van der Waals surface area contributed by atoms with Crippen LogP contribution < -0.4 is 15.8 Å². The van der Waals surface area contributed by atoms with Gasteiger partial charge >= 0.3 is 0 Å². The van der Waals surface area contributed by atoms with Crippen LogP contribution in [-0.2, 0) is 11.8 Å². The minimum Gasteiger partial charge on any atom is -0.439 e. The Balaban J connectivity index is 1.49. The second kappa shape index (κ2) is 9.78. The molecule has 1 aliphatic rings. The molecule has 10 nitrogen and oxygen atoms in total. The Hall–Kier alpha value is -3.79. The van der Waals surface area contributed by atoms with Crippen molar-refractivity contribution in [2.75, 3.05) is 18.4 Å². The van der Waals surface area contributed by atoms with E-state index in [0.29, 0.717) is 28.8 Å². The van der Waals surface area contributed by atoms with Gasteiger partial charge in [0.2, 0.25) is 17.7 Å². The van der Waals surface area contributed by atoms with Crippen molar-refractivity contribution in [3.8, 4) is 11.6 Å². The zero-order valence-electron chi connectivity index (χ0n) is 18.7. The van der Waals surface area contributed by atoms with Crippen LogP contribution in [0, 0.1) is 6.92 Å². The van der Waals surface area contributed by atoms with Gasteiger partial charge in [-0.15, -0.1) is 0 Å². The van der Waals surface area contributed by atoms with E-state index in [4.69, 9.17) is 10.5 Å². The summed E-state index contributed by atoms with van der Waals surface area (Å²) in [6.45, 7) is 2.89. The van der Waals surface area contributed by atoms with E-state index in [0.717, 1.165) is 31.5 Å². The molecule has 2 amide bonds. The number of carbonyl (C=O) groups is 2. The van der Waals surface area contributed by atoms with Crippen molar-refractivity contribution in [1.29, 1.82) is 0 Å². The molecule has 0 spiro atoms. The van der Waals surface area contributed by atoms with E-state index in [2.05, 4.69) is 25.3 Å². The van der Waals surface area contributed by atoms with Crippen molar-refractivity contribution in [1.82, 2.24) is 24.6 Å². The van der Waals surface area contributed by atoms with Gasteiger partial charge in [-0.25, -0.2) is 4.98 Å². The predicted octanol–water partition coefficient (Wildman–Crippen LogP) is 2.58. The van der Waals surface area contributed by atoms with E-state index < -0.39 is 5.91 Å². The topological polar surface area (TPSA) is 128 Å². The first-order valence-electron chi connectivity index (χ1n) is 10.8. The highest BCUT2D eigenvalue weighted by Crippen LogP contribution is 2.30. The molecule has 3 heterocycles. The van der Waals surface area contributed by atoms with Crippen LogP contribution in [0.1, 0.15) is 47.2 Å². The van der Waals surface area contributed by atoms with Gasteiger partial charge in [0.1, 0.15) is 11.6 Å². The third kappa shape index (κ3) is 5.72. The zero-order chi connectivity index (χ0) is 23.4. The lowest BCUT2D eigenvalue weighted by Crippen LogP contribution is -2.40. The lowest BCUT2D eigenvalue weighted by atomic mass is 10.0. The Labute approximate surface area is 191 Å². The molecule has 172 valence electrons. The number of benzene rings is 1. The molecule has 1 fully saturated rings. The molecule has 0 unspecified atom stereocenters. The summed E-state index contributed by atoms with van der Waals surface area (Å²) < 4.78 is 7.55. The zero-order valence-corrected chi connectivity index (χ0v) is 18.7. The molecular formula is C23H27N7O3. The van der Waals surface area contributed by atoms with Crippen LogP contribution in [0.4, 0.5) is 5.82 Å². The third-order valence-electron chi connectivity index (χ3n) is 5.45. The minimum absolute atomic E-state index is 0.0901. The number of aromatic nitrogens is 4. The number of ether oxygens (including phenoxy) is 1. The fraction of sp³-hybridized carbons (Fsp3) is 0.348. The monoisotopic (exact) mass is 449 g/mol. The van der Waals surface area contributed by atoms with Crippen molar-refractivity contribution in [3.05, 3.63) is 59.7 Å². The lowest BCUT2D eigenvalue weighted by Gasteiger charge is -2.34. The number of aryl methyl sites for hydroxylation is 2. The second-order valence-electron chi connectivity index (χ2n) is 8.10. The van der Waals surface area contributed by atoms with Crippen molar-refractivity contribution < 1.29 is 14.3 Å². The quantitative estimate of drug-likeness (QED) is 0.567. The van der Waals surface area contributed by atoms with E-state index in [1.807, 2.05) is 6.92 Å². The fourth-order valence-corrected chi connectivity index (χ4v) is 3.89. The van der Waals surface area contributed by atoms with Crippen LogP contribution in [0.5, 0.6) is 11.6 Å². The maximum Gasteiger partial charge on any atom is 0.248 e. The van der Waals surface area contributed by atoms with Crippen molar-refractivity contribution >= 4 is 17.6 Å². The minimum atomic E-state index is -0.494. The summed E-state index contributed by atoms with van der Waals surface area (Å²) in [5.74, 6) is 1.49. The summed E-state index contributed by atoms with van der Waals surface area (Å²) in [6, 6.07) is 9.98. The summed E-state index contributed by atoms with van der Waals surface area (Å²) in [6.07, 6.45) is 4.68. The molecule has 4 rings (SSSR count). The number of nitrogens with two attached hydrogens (primary N) is 1. The Kier molecular flexibility index (Phi) is 6.64. The molecule has 2 aromatic heterocycles. The van der Waals surface area contributed by atoms with Crippen molar-refractivity contribution in [2.24, 2.45) is 12.8 Å². The molecule has 1 aliphatic heterocycles. The number of carbonyl (C=O) groups excluding carboxylic acids is 2.